The Kier molecular flexibility index (Phi) is 4.09. The van der Waals surface area contributed by atoms with Crippen LogP contribution in [0.2, 0.25) is 5.02 Å². The fourth-order valence-corrected chi connectivity index (χ4v) is 4.30. The first kappa shape index (κ1) is 16.9. The van der Waals surface area contributed by atoms with Gasteiger partial charge >= 0.3 is 0 Å². The van der Waals surface area contributed by atoms with Gasteiger partial charge in [-0.3, -0.25) is 9.59 Å². The van der Waals surface area contributed by atoms with Gasteiger partial charge in [0.25, 0.3) is 11.8 Å². The monoisotopic (exact) mass is 386 g/mol. The fraction of sp³-hybridized carbons (Fsp3) is 0.158. The molecular weight excluding hydrogens is 372 g/mol. The number of anilines is 2. The summed E-state index contributed by atoms with van der Waals surface area (Å²) in [7, 11) is 0. The first-order valence-electron chi connectivity index (χ1n) is 8.04. The van der Waals surface area contributed by atoms with E-state index in [1.54, 1.807) is 25.1 Å². The van der Waals surface area contributed by atoms with E-state index in [0.29, 0.717) is 27.0 Å². The van der Waals surface area contributed by atoms with Crippen molar-refractivity contribution in [2.24, 2.45) is 0 Å². The van der Waals surface area contributed by atoms with Gasteiger partial charge in [0.15, 0.2) is 6.10 Å². The van der Waals surface area contributed by atoms with Crippen molar-refractivity contribution in [3.63, 3.8) is 0 Å². The van der Waals surface area contributed by atoms with Gasteiger partial charge in [0, 0.05) is 15.8 Å². The predicted octanol–water partition coefficient (Wildman–Crippen LogP) is 4.83. The normalized spacial score (nSPS) is 16.0. The molecule has 7 heteroatoms. The number of halogens is 1. The molecule has 132 valence electrons. The van der Waals surface area contributed by atoms with E-state index in [1.165, 1.54) is 11.3 Å². The lowest BCUT2D eigenvalue weighted by atomic mass is 10.2. The number of ether oxygens (including phenoxy) is 1. The molecule has 0 saturated carbocycles. The van der Waals surface area contributed by atoms with Crippen LogP contribution in [0.3, 0.4) is 0 Å². The summed E-state index contributed by atoms with van der Waals surface area (Å²) in [4.78, 5) is 24.9. The minimum Gasteiger partial charge on any atom is -0.479 e. The number of carbonyl (C=O) groups excluding carboxylic acids is 2. The molecule has 2 heterocycles. The van der Waals surface area contributed by atoms with E-state index >= 15 is 0 Å². The van der Waals surface area contributed by atoms with E-state index in [4.69, 9.17) is 16.3 Å². The molecule has 2 aromatic carbocycles. The van der Waals surface area contributed by atoms with E-state index in [2.05, 4.69) is 10.6 Å². The van der Waals surface area contributed by atoms with Gasteiger partial charge in [-0.1, -0.05) is 23.7 Å². The van der Waals surface area contributed by atoms with Crippen LogP contribution in [0.4, 0.5) is 11.4 Å². The van der Waals surface area contributed by atoms with Gasteiger partial charge in [-0.2, -0.15) is 0 Å². The van der Waals surface area contributed by atoms with Crippen LogP contribution in [-0.2, 0) is 4.79 Å². The van der Waals surface area contributed by atoms with Gasteiger partial charge in [-0.25, -0.2) is 0 Å². The average Bonchev–Trinajstić information content (AvgIpc) is 2.92. The molecule has 1 aromatic heterocycles. The molecule has 0 saturated heterocycles. The molecule has 5 nitrogen and oxygen atoms in total. The third kappa shape index (κ3) is 2.91. The molecule has 2 amide bonds. The number of hydrogen-bond donors (Lipinski definition) is 2. The molecule has 3 aromatic rings. The molecule has 0 aliphatic carbocycles. The number of rotatable bonds is 2. The number of hydrogen-bond acceptors (Lipinski definition) is 4. The van der Waals surface area contributed by atoms with Gasteiger partial charge < -0.3 is 15.4 Å². The third-order valence-corrected chi connectivity index (χ3v) is 5.82. The third-order valence-electron chi connectivity index (χ3n) is 4.16. The van der Waals surface area contributed by atoms with Crippen LogP contribution < -0.4 is 15.4 Å². The lowest BCUT2D eigenvalue weighted by Gasteiger charge is -2.23. The zero-order valence-corrected chi connectivity index (χ0v) is 15.6. The molecule has 0 spiro atoms. The Bertz CT molecular complexity index is 1060. The maximum Gasteiger partial charge on any atom is 0.267 e. The average molecular weight is 387 g/mol. The SMILES string of the molecule is Cc1ccc2c(Cl)c(C(=O)Nc3ccc4c(c3)NC(=O)C(C)O4)sc2c1. The quantitative estimate of drug-likeness (QED) is 0.662. The van der Waals surface area contributed by atoms with Gasteiger partial charge in [-0.15, -0.1) is 11.3 Å². The second-order valence-electron chi connectivity index (χ2n) is 6.16. The van der Waals surface area contributed by atoms with Gasteiger partial charge in [0.05, 0.1) is 10.7 Å². The zero-order chi connectivity index (χ0) is 18.4. The van der Waals surface area contributed by atoms with Crippen LogP contribution in [0.5, 0.6) is 5.75 Å². The Morgan fingerprint density at radius 1 is 1.27 bits per heavy atom. The smallest absolute Gasteiger partial charge is 0.267 e. The molecule has 4 rings (SSSR count). The number of amides is 2. The number of benzene rings is 2. The van der Waals surface area contributed by atoms with Crippen molar-refractivity contribution < 1.29 is 14.3 Å². The Morgan fingerprint density at radius 2 is 2.08 bits per heavy atom. The summed E-state index contributed by atoms with van der Waals surface area (Å²) < 4.78 is 6.49. The van der Waals surface area contributed by atoms with Gasteiger partial charge in [-0.05, 0) is 43.7 Å². The standard InChI is InChI=1S/C19H15ClN2O3S/c1-9-3-5-12-15(7-9)26-17(16(12)20)19(24)21-11-4-6-14-13(8-11)22-18(23)10(2)25-14/h3-8,10H,1-2H3,(H,21,24)(H,22,23). The Morgan fingerprint density at radius 3 is 2.88 bits per heavy atom. The van der Waals surface area contributed by atoms with Crippen molar-refractivity contribution in [3.05, 3.63) is 51.9 Å². The highest BCUT2D eigenvalue weighted by Gasteiger charge is 2.24. The molecule has 1 aliphatic heterocycles. The summed E-state index contributed by atoms with van der Waals surface area (Å²) in [6.45, 7) is 3.68. The highest BCUT2D eigenvalue weighted by atomic mass is 35.5. The first-order chi connectivity index (χ1) is 12.4. The second-order valence-corrected chi connectivity index (χ2v) is 7.59. The molecule has 26 heavy (non-hydrogen) atoms. The van der Waals surface area contributed by atoms with Crippen LogP contribution >= 0.6 is 22.9 Å². The van der Waals surface area contributed by atoms with Gasteiger partial charge in [0.1, 0.15) is 10.6 Å². The van der Waals surface area contributed by atoms with Crippen molar-refractivity contribution in [1.29, 1.82) is 0 Å². The lowest BCUT2D eigenvalue weighted by molar-refractivity contribution is -0.122. The number of fused-ring (bicyclic) bond motifs is 2. The van der Waals surface area contributed by atoms with Crippen LogP contribution in [-0.4, -0.2) is 17.9 Å². The molecule has 1 aliphatic rings. The summed E-state index contributed by atoms with van der Waals surface area (Å²) in [5.74, 6) is 0.0691. The van der Waals surface area contributed by atoms with Crippen molar-refractivity contribution in [1.82, 2.24) is 0 Å². The highest BCUT2D eigenvalue weighted by molar-refractivity contribution is 7.21. The molecule has 1 unspecified atom stereocenters. The fourth-order valence-electron chi connectivity index (χ4n) is 2.79. The summed E-state index contributed by atoms with van der Waals surface area (Å²) in [5.41, 5.74) is 2.20. The Balaban J connectivity index is 1.62. The van der Waals surface area contributed by atoms with Crippen molar-refractivity contribution in [2.45, 2.75) is 20.0 Å². The Hall–Kier alpha value is -2.57. The van der Waals surface area contributed by atoms with Gasteiger partial charge in [0.2, 0.25) is 0 Å². The number of nitrogens with one attached hydrogen (secondary N) is 2. The van der Waals surface area contributed by atoms with Crippen LogP contribution in [0.15, 0.2) is 36.4 Å². The molecule has 0 fully saturated rings. The lowest BCUT2D eigenvalue weighted by Crippen LogP contribution is -2.34. The molecule has 1 atom stereocenters. The second kappa shape index (κ2) is 6.30. The summed E-state index contributed by atoms with van der Waals surface area (Å²) in [6.07, 6.45) is -0.538. The number of carbonyl (C=O) groups is 2. The number of thiophene rings is 1. The summed E-state index contributed by atoms with van der Waals surface area (Å²) in [5, 5.41) is 6.91. The minimum atomic E-state index is -0.538. The van der Waals surface area contributed by atoms with E-state index in [-0.39, 0.29) is 11.8 Å². The van der Waals surface area contributed by atoms with Crippen LogP contribution in [0, 0.1) is 6.92 Å². The van der Waals surface area contributed by atoms with Crippen molar-refractivity contribution in [2.75, 3.05) is 10.6 Å². The zero-order valence-electron chi connectivity index (χ0n) is 14.1. The van der Waals surface area contributed by atoms with E-state index < -0.39 is 6.10 Å². The van der Waals surface area contributed by atoms with E-state index in [9.17, 15) is 9.59 Å². The predicted molar refractivity (Wildman–Crippen MR) is 105 cm³/mol. The maximum absolute atomic E-state index is 12.7. The van der Waals surface area contributed by atoms with Crippen LogP contribution in [0.25, 0.3) is 10.1 Å². The summed E-state index contributed by atoms with van der Waals surface area (Å²) in [6, 6.07) is 11.0. The first-order valence-corrected chi connectivity index (χ1v) is 9.23. The summed E-state index contributed by atoms with van der Waals surface area (Å²) >= 11 is 7.75. The highest BCUT2D eigenvalue weighted by Crippen LogP contribution is 2.37. The molecule has 0 radical (unpaired) electrons. The van der Waals surface area contributed by atoms with E-state index in [1.807, 2.05) is 25.1 Å². The maximum atomic E-state index is 12.7. The molecule has 0 bridgehead atoms. The van der Waals surface area contributed by atoms with Crippen LogP contribution in [0.1, 0.15) is 22.2 Å². The minimum absolute atomic E-state index is 0.219. The Labute approximate surface area is 158 Å². The topological polar surface area (TPSA) is 67.4 Å². The largest absolute Gasteiger partial charge is 0.479 e. The number of aryl methyl sites for hydroxylation is 1. The van der Waals surface area contributed by atoms with Crippen molar-refractivity contribution >= 4 is 56.2 Å². The van der Waals surface area contributed by atoms with E-state index in [0.717, 1.165) is 15.6 Å². The van der Waals surface area contributed by atoms with Crippen molar-refractivity contribution in [3.8, 4) is 5.75 Å². The molecular formula is C19H15ClN2O3S. The molecule has 2 N–H and O–H groups in total.